The lowest BCUT2D eigenvalue weighted by atomic mass is 9.94. The summed E-state index contributed by atoms with van der Waals surface area (Å²) in [5, 5.41) is 3.04. The molecule has 3 aromatic rings. The van der Waals surface area contributed by atoms with Gasteiger partial charge in [0.15, 0.2) is 0 Å². The second-order valence-corrected chi connectivity index (χ2v) is 14.2. The first-order chi connectivity index (χ1) is 20.6. The Kier molecular flexibility index (Phi) is 8.85. The van der Waals surface area contributed by atoms with Gasteiger partial charge in [-0.05, 0) is 62.8 Å². The highest BCUT2D eigenvalue weighted by molar-refractivity contribution is 7.88. The van der Waals surface area contributed by atoms with Crippen LogP contribution in [0, 0.1) is 5.92 Å². The van der Waals surface area contributed by atoms with Gasteiger partial charge < -0.3 is 15.0 Å². The van der Waals surface area contributed by atoms with Crippen LogP contribution in [0.1, 0.15) is 49.2 Å². The number of alkyl halides is 3. The summed E-state index contributed by atoms with van der Waals surface area (Å²) in [4.78, 5) is 13.0. The Labute approximate surface area is 256 Å². The van der Waals surface area contributed by atoms with Crippen molar-refractivity contribution in [3.8, 4) is 5.75 Å². The fraction of sp³-hybridized carbons (Fsp3) is 0.484. The number of methoxy groups -OCH3 is 1. The van der Waals surface area contributed by atoms with Crippen molar-refractivity contribution in [2.75, 3.05) is 49.8 Å². The van der Waals surface area contributed by atoms with Gasteiger partial charge in [0.05, 0.1) is 36.4 Å². The van der Waals surface area contributed by atoms with Gasteiger partial charge in [0.1, 0.15) is 5.75 Å². The summed E-state index contributed by atoms with van der Waals surface area (Å²) >= 11 is 0. The number of ether oxygens (including phenoxy) is 1. The Balaban J connectivity index is 1.39. The van der Waals surface area contributed by atoms with Gasteiger partial charge in [0.25, 0.3) is 0 Å². The zero-order valence-electron chi connectivity index (χ0n) is 25.6. The number of benzene rings is 2. The molecule has 0 bridgehead atoms. The first-order valence-electron chi connectivity index (χ1n) is 14.6. The standard InChI is InChI=1S/C31H39F3N6O3S/c1-30(2,3)40-14-12-39(13-15-40)22-10-11-25(27(18-22)43-4)36-29-35-19-24(31(32,33)34)26(37-29)17-21-16-20-8-6-7-9-23(20)28(21)38-44(5,41)42/h6-11,18-19,21,28,38H,12-17H2,1-5H3,(H,35,36,37)/t21-,28-/m0/s1. The molecule has 1 aliphatic carbocycles. The van der Waals surface area contributed by atoms with Gasteiger partial charge in [-0.15, -0.1) is 0 Å². The minimum Gasteiger partial charge on any atom is -0.494 e. The average molecular weight is 633 g/mol. The van der Waals surface area contributed by atoms with Crippen LogP contribution < -0.4 is 19.7 Å². The van der Waals surface area contributed by atoms with Crippen molar-refractivity contribution in [3.05, 3.63) is 71.0 Å². The second-order valence-electron chi connectivity index (χ2n) is 12.4. The predicted octanol–water partition coefficient (Wildman–Crippen LogP) is 5.17. The van der Waals surface area contributed by atoms with E-state index in [2.05, 4.69) is 50.6 Å². The zero-order chi connectivity index (χ0) is 31.9. The number of hydrogen-bond donors (Lipinski definition) is 2. The molecule has 2 aliphatic rings. The van der Waals surface area contributed by atoms with E-state index in [1.165, 1.54) is 7.11 Å². The highest BCUT2D eigenvalue weighted by Gasteiger charge is 2.39. The molecule has 2 atom stereocenters. The third-order valence-electron chi connectivity index (χ3n) is 8.34. The SMILES string of the molecule is COc1cc(N2CCN(C(C)(C)C)CC2)ccc1Nc1ncc(C(F)(F)F)c(C[C@@H]2Cc3ccccc3[C@H]2NS(C)(=O)=O)n1. The minimum atomic E-state index is -4.69. The highest BCUT2D eigenvalue weighted by atomic mass is 32.2. The van der Waals surface area contributed by atoms with Crippen molar-refractivity contribution < 1.29 is 26.3 Å². The van der Waals surface area contributed by atoms with Crippen LogP contribution in [0.5, 0.6) is 5.75 Å². The van der Waals surface area contributed by atoms with Crippen molar-refractivity contribution in [3.63, 3.8) is 0 Å². The molecule has 0 saturated carbocycles. The van der Waals surface area contributed by atoms with E-state index in [0.717, 1.165) is 55.4 Å². The maximum absolute atomic E-state index is 14.1. The Morgan fingerprint density at radius 2 is 1.75 bits per heavy atom. The number of anilines is 3. The first kappa shape index (κ1) is 32.0. The molecule has 0 radical (unpaired) electrons. The molecule has 0 unspecified atom stereocenters. The lowest BCUT2D eigenvalue weighted by Gasteiger charge is -2.43. The number of halogens is 3. The Bertz CT molecular complexity index is 1600. The zero-order valence-corrected chi connectivity index (χ0v) is 26.4. The smallest absolute Gasteiger partial charge is 0.419 e. The van der Waals surface area contributed by atoms with Crippen molar-refractivity contribution in [1.82, 2.24) is 19.6 Å². The van der Waals surface area contributed by atoms with Gasteiger partial charge >= 0.3 is 6.18 Å². The van der Waals surface area contributed by atoms with Gasteiger partial charge in [-0.25, -0.2) is 23.1 Å². The molecule has 44 heavy (non-hydrogen) atoms. The molecule has 0 spiro atoms. The maximum atomic E-state index is 14.1. The maximum Gasteiger partial charge on any atom is 0.419 e. The molecule has 2 heterocycles. The summed E-state index contributed by atoms with van der Waals surface area (Å²) in [6.07, 6.45) is -2.56. The van der Waals surface area contributed by atoms with E-state index in [-0.39, 0.29) is 23.6 Å². The predicted molar refractivity (Wildman–Crippen MR) is 165 cm³/mol. The number of aromatic nitrogens is 2. The molecular formula is C31H39F3N6O3S. The van der Waals surface area contributed by atoms with Crippen LogP contribution in [0.2, 0.25) is 0 Å². The third kappa shape index (κ3) is 7.27. The van der Waals surface area contributed by atoms with E-state index in [9.17, 15) is 21.6 Å². The number of rotatable bonds is 8. The van der Waals surface area contributed by atoms with Crippen LogP contribution in [0.3, 0.4) is 0 Å². The molecule has 1 aliphatic heterocycles. The lowest BCUT2D eigenvalue weighted by Crippen LogP contribution is -2.53. The van der Waals surface area contributed by atoms with Crippen LogP contribution in [-0.2, 0) is 29.0 Å². The van der Waals surface area contributed by atoms with Crippen molar-refractivity contribution in [2.45, 2.75) is 51.4 Å². The summed E-state index contributed by atoms with van der Waals surface area (Å²) in [5.41, 5.74) is 2.10. The fourth-order valence-electron chi connectivity index (χ4n) is 6.11. The van der Waals surface area contributed by atoms with E-state index < -0.39 is 33.7 Å². The molecule has 13 heteroatoms. The number of nitrogens with zero attached hydrogens (tertiary/aromatic N) is 4. The summed E-state index contributed by atoms with van der Waals surface area (Å²) in [7, 11) is -2.09. The Morgan fingerprint density at radius 3 is 2.39 bits per heavy atom. The van der Waals surface area contributed by atoms with Crippen LogP contribution in [0.25, 0.3) is 0 Å². The normalized spacial score (nSPS) is 19.6. The quantitative estimate of drug-likeness (QED) is 0.351. The van der Waals surface area contributed by atoms with E-state index in [1.54, 1.807) is 12.1 Å². The number of sulfonamides is 1. The molecular weight excluding hydrogens is 593 g/mol. The largest absolute Gasteiger partial charge is 0.494 e. The van der Waals surface area contributed by atoms with Gasteiger partial charge in [0.2, 0.25) is 16.0 Å². The van der Waals surface area contributed by atoms with E-state index in [4.69, 9.17) is 4.74 Å². The van der Waals surface area contributed by atoms with Crippen LogP contribution >= 0.6 is 0 Å². The van der Waals surface area contributed by atoms with Crippen molar-refractivity contribution in [1.29, 1.82) is 0 Å². The number of hydrogen-bond acceptors (Lipinski definition) is 8. The minimum absolute atomic E-state index is 0.0130. The van der Waals surface area contributed by atoms with Gasteiger partial charge in [-0.1, -0.05) is 24.3 Å². The Hall–Kier alpha value is -3.42. The highest BCUT2D eigenvalue weighted by Crippen LogP contribution is 2.41. The van der Waals surface area contributed by atoms with Gasteiger partial charge in [-0.2, -0.15) is 13.2 Å². The Morgan fingerprint density at radius 1 is 1.05 bits per heavy atom. The monoisotopic (exact) mass is 632 g/mol. The lowest BCUT2D eigenvalue weighted by molar-refractivity contribution is -0.138. The fourth-order valence-corrected chi connectivity index (χ4v) is 6.89. The molecule has 9 nitrogen and oxygen atoms in total. The van der Waals surface area contributed by atoms with E-state index in [1.807, 2.05) is 30.3 Å². The summed E-state index contributed by atoms with van der Waals surface area (Å²) in [6, 6.07) is 12.3. The number of fused-ring (bicyclic) bond motifs is 1. The topological polar surface area (TPSA) is 99.7 Å². The molecule has 1 saturated heterocycles. The van der Waals surface area contributed by atoms with Crippen molar-refractivity contribution in [2.24, 2.45) is 5.92 Å². The second kappa shape index (κ2) is 12.2. The van der Waals surface area contributed by atoms with E-state index in [0.29, 0.717) is 17.9 Å². The number of nitrogens with one attached hydrogen (secondary N) is 2. The van der Waals surface area contributed by atoms with Gasteiger partial charge in [-0.3, -0.25) is 4.90 Å². The number of piperazine rings is 1. The molecule has 2 N–H and O–H groups in total. The molecule has 0 amide bonds. The van der Waals surface area contributed by atoms with Crippen LogP contribution in [0.15, 0.2) is 48.7 Å². The van der Waals surface area contributed by atoms with Gasteiger partial charge in [0, 0.05) is 49.7 Å². The summed E-state index contributed by atoms with van der Waals surface area (Å²) in [5.74, 6) is 0.0222. The molecule has 1 aromatic heterocycles. The summed E-state index contributed by atoms with van der Waals surface area (Å²) < 4.78 is 74.9. The average Bonchev–Trinajstić information content (AvgIpc) is 3.27. The third-order valence-corrected chi connectivity index (χ3v) is 9.02. The van der Waals surface area contributed by atoms with Crippen molar-refractivity contribution >= 4 is 27.3 Å². The van der Waals surface area contributed by atoms with E-state index >= 15 is 0 Å². The molecule has 238 valence electrons. The van der Waals surface area contributed by atoms with Crippen LogP contribution in [0.4, 0.5) is 30.5 Å². The molecule has 5 rings (SSSR count). The van der Waals surface area contributed by atoms with Crippen LogP contribution in [-0.4, -0.2) is 68.4 Å². The summed E-state index contributed by atoms with van der Waals surface area (Å²) in [6.45, 7) is 10.2. The molecule has 1 fully saturated rings. The molecule has 2 aromatic carbocycles. The first-order valence-corrected chi connectivity index (χ1v) is 16.4.